The lowest BCUT2D eigenvalue weighted by Gasteiger charge is -2.13. The van der Waals surface area contributed by atoms with E-state index in [-0.39, 0.29) is 17.7 Å². The lowest BCUT2D eigenvalue weighted by atomic mass is 10.2. The molecule has 2 N–H and O–H groups in total. The normalized spacial score (nSPS) is 10.5. The highest BCUT2D eigenvalue weighted by molar-refractivity contribution is 6.02. The number of anilines is 4. The zero-order chi connectivity index (χ0) is 20.8. The molecule has 0 aliphatic rings. The van der Waals surface area contributed by atoms with Crippen LogP contribution in [0.25, 0.3) is 0 Å². The number of carbonyl (C=O) groups is 1. The number of hydrogen-bond donors (Lipinski definition) is 2. The highest BCUT2D eigenvalue weighted by Crippen LogP contribution is 2.19. The Morgan fingerprint density at radius 2 is 1.59 bits per heavy atom. The molecule has 0 spiro atoms. The maximum atomic E-state index is 12.4. The van der Waals surface area contributed by atoms with Crippen LogP contribution in [-0.4, -0.2) is 36.1 Å². The molecule has 150 valence electrons. The van der Waals surface area contributed by atoms with Gasteiger partial charge in [0.1, 0.15) is 17.3 Å². The fraction of sp³-hybridized carbons (Fsp3) is 0.227. The van der Waals surface area contributed by atoms with Crippen molar-refractivity contribution in [2.75, 3.05) is 29.6 Å². The first kappa shape index (κ1) is 20.1. The van der Waals surface area contributed by atoms with Gasteiger partial charge >= 0.3 is 0 Å². The first-order valence-corrected chi connectivity index (χ1v) is 9.35. The smallest absolute Gasteiger partial charge is 0.275 e. The van der Waals surface area contributed by atoms with E-state index in [1.807, 2.05) is 69.2 Å². The number of aromatic nitrogens is 2. The van der Waals surface area contributed by atoms with Crippen molar-refractivity contribution in [2.24, 2.45) is 0 Å². The second-order valence-corrected chi connectivity index (χ2v) is 7.00. The molecule has 0 aliphatic heterocycles. The molecule has 29 heavy (non-hydrogen) atoms. The van der Waals surface area contributed by atoms with Gasteiger partial charge < -0.3 is 20.3 Å². The van der Waals surface area contributed by atoms with Gasteiger partial charge in [-0.15, -0.1) is 0 Å². The number of ether oxygens (including phenoxy) is 1. The van der Waals surface area contributed by atoms with Crippen LogP contribution >= 0.6 is 0 Å². The average Bonchev–Trinajstić information content (AvgIpc) is 2.70. The van der Waals surface area contributed by atoms with Gasteiger partial charge in [0.15, 0.2) is 0 Å². The van der Waals surface area contributed by atoms with Gasteiger partial charge in [0.05, 0.1) is 18.5 Å². The Balaban J connectivity index is 1.59. The van der Waals surface area contributed by atoms with Crippen LogP contribution < -0.4 is 20.3 Å². The number of nitrogens with one attached hydrogen (secondary N) is 2. The van der Waals surface area contributed by atoms with Crippen LogP contribution in [0.3, 0.4) is 0 Å². The fourth-order valence-corrected chi connectivity index (χ4v) is 2.58. The minimum absolute atomic E-state index is 0.101. The molecular weight excluding hydrogens is 366 g/mol. The van der Waals surface area contributed by atoms with E-state index in [9.17, 15) is 4.79 Å². The molecule has 1 aromatic heterocycles. The molecule has 0 saturated heterocycles. The van der Waals surface area contributed by atoms with E-state index in [1.54, 1.807) is 12.1 Å². The molecule has 7 nitrogen and oxygen atoms in total. The molecule has 0 unspecified atom stereocenters. The highest BCUT2D eigenvalue weighted by Gasteiger charge is 2.09. The minimum Gasteiger partial charge on any atom is -0.491 e. The predicted molar refractivity (Wildman–Crippen MR) is 116 cm³/mol. The predicted octanol–water partition coefficient (Wildman–Crippen LogP) is 4.33. The van der Waals surface area contributed by atoms with Crippen molar-refractivity contribution in [3.8, 4) is 5.75 Å². The summed E-state index contributed by atoms with van der Waals surface area (Å²) in [5, 5.41) is 5.97. The molecule has 7 heteroatoms. The van der Waals surface area contributed by atoms with Crippen LogP contribution in [0.5, 0.6) is 5.75 Å². The Morgan fingerprint density at radius 1 is 0.931 bits per heavy atom. The molecule has 0 bridgehead atoms. The third-order valence-corrected chi connectivity index (χ3v) is 4.02. The van der Waals surface area contributed by atoms with Crippen LogP contribution in [0.2, 0.25) is 0 Å². The monoisotopic (exact) mass is 391 g/mol. The summed E-state index contributed by atoms with van der Waals surface area (Å²) >= 11 is 0. The maximum absolute atomic E-state index is 12.4. The SMILES string of the molecule is CC(C)Oc1ccc(NC(=O)c2cnc(Nc3ccc(N(C)C)cc3)cn2)cc1. The summed E-state index contributed by atoms with van der Waals surface area (Å²) in [6.45, 7) is 3.93. The van der Waals surface area contributed by atoms with Crippen LogP contribution in [-0.2, 0) is 0 Å². The average molecular weight is 391 g/mol. The number of rotatable bonds is 7. The van der Waals surface area contributed by atoms with Gasteiger partial charge in [0.2, 0.25) is 0 Å². The van der Waals surface area contributed by atoms with Crippen LogP contribution in [0.15, 0.2) is 60.9 Å². The standard InChI is InChI=1S/C22H25N5O2/c1-15(2)29-19-11-7-17(8-12-19)26-22(28)20-13-24-21(14-23-20)25-16-5-9-18(10-6-16)27(3)4/h5-15H,1-4H3,(H,24,25)(H,26,28). The van der Waals surface area contributed by atoms with Gasteiger partial charge in [0.25, 0.3) is 5.91 Å². The second-order valence-electron chi connectivity index (χ2n) is 7.00. The summed E-state index contributed by atoms with van der Waals surface area (Å²) in [5.41, 5.74) is 2.90. The molecule has 0 aliphatic carbocycles. The molecule has 0 radical (unpaired) electrons. The Bertz CT molecular complexity index is 936. The molecule has 1 heterocycles. The highest BCUT2D eigenvalue weighted by atomic mass is 16.5. The maximum Gasteiger partial charge on any atom is 0.275 e. The molecule has 0 atom stereocenters. The first-order valence-electron chi connectivity index (χ1n) is 9.35. The van der Waals surface area contributed by atoms with Gasteiger partial charge in [-0.25, -0.2) is 9.97 Å². The second kappa shape index (κ2) is 9.05. The molecule has 0 fully saturated rings. The van der Waals surface area contributed by atoms with Crippen molar-refractivity contribution in [3.05, 3.63) is 66.6 Å². The molecule has 0 saturated carbocycles. The summed E-state index contributed by atoms with van der Waals surface area (Å²) < 4.78 is 5.59. The largest absolute Gasteiger partial charge is 0.491 e. The van der Waals surface area contributed by atoms with Crippen LogP contribution in [0, 0.1) is 0 Å². The van der Waals surface area contributed by atoms with Crippen molar-refractivity contribution in [1.29, 1.82) is 0 Å². The molecule has 3 rings (SSSR count). The number of hydrogen-bond acceptors (Lipinski definition) is 6. The zero-order valence-corrected chi connectivity index (χ0v) is 17.0. The van der Waals surface area contributed by atoms with Crippen molar-refractivity contribution in [1.82, 2.24) is 9.97 Å². The number of carbonyl (C=O) groups excluding carboxylic acids is 1. The topological polar surface area (TPSA) is 79.4 Å². The van der Waals surface area contributed by atoms with Crippen molar-refractivity contribution < 1.29 is 9.53 Å². The molecule has 1 amide bonds. The fourth-order valence-electron chi connectivity index (χ4n) is 2.58. The van der Waals surface area contributed by atoms with Gasteiger partial charge in [-0.2, -0.15) is 0 Å². The Morgan fingerprint density at radius 3 is 2.14 bits per heavy atom. The summed E-state index contributed by atoms with van der Waals surface area (Å²) in [5.74, 6) is 0.998. The van der Waals surface area contributed by atoms with E-state index in [1.165, 1.54) is 12.4 Å². The molecular formula is C22H25N5O2. The van der Waals surface area contributed by atoms with Gasteiger partial charge in [-0.05, 0) is 62.4 Å². The quantitative estimate of drug-likeness (QED) is 0.624. The third kappa shape index (κ3) is 5.68. The lowest BCUT2D eigenvalue weighted by molar-refractivity contribution is 0.102. The van der Waals surface area contributed by atoms with Gasteiger partial charge in [0, 0.05) is 31.2 Å². The van der Waals surface area contributed by atoms with Crippen molar-refractivity contribution in [3.63, 3.8) is 0 Å². The summed E-state index contributed by atoms with van der Waals surface area (Å²) in [6.07, 6.45) is 3.08. The lowest BCUT2D eigenvalue weighted by Crippen LogP contribution is -2.14. The Kier molecular flexibility index (Phi) is 6.29. The number of benzene rings is 2. The van der Waals surface area contributed by atoms with E-state index in [4.69, 9.17) is 4.74 Å². The van der Waals surface area contributed by atoms with E-state index in [0.717, 1.165) is 17.1 Å². The molecule has 3 aromatic rings. The molecule has 2 aromatic carbocycles. The van der Waals surface area contributed by atoms with Crippen molar-refractivity contribution in [2.45, 2.75) is 20.0 Å². The van der Waals surface area contributed by atoms with Crippen LogP contribution in [0.4, 0.5) is 22.9 Å². The Hall–Kier alpha value is -3.61. The van der Waals surface area contributed by atoms with Crippen LogP contribution in [0.1, 0.15) is 24.3 Å². The minimum atomic E-state index is -0.322. The van der Waals surface area contributed by atoms with Crippen molar-refractivity contribution >= 4 is 28.8 Å². The zero-order valence-electron chi connectivity index (χ0n) is 17.0. The van der Waals surface area contributed by atoms with Gasteiger partial charge in [-0.1, -0.05) is 0 Å². The number of nitrogens with zero attached hydrogens (tertiary/aromatic N) is 3. The van der Waals surface area contributed by atoms with E-state index in [0.29, 0.717) is 11.5 Å². The van der Waals surface area contributed by atoms with E-state index in [2.05, 4.69) is 20.6 Å². The summed E-state index contributed by atoms with van der Waals surface area (Å²) in [4.78, 5) is 22.9. The van der Waals surface area contributed by atoms with Gasteiger partial charge in [-0.3, -0.25) is 4.79 Å². The van der Waals surface area contributed by atoms with E-state index >= 15 is 0 Å². The first-order chi connectivity index (χ1) is 13.9. The van der Waals surface area contributed by atoms with E-state index < -0.39 is 0 Å². The number of amides is 1. The Labute approximate surface area is 170 Å². The summed E-state index contributed by atoms with van der Waals surface area (Å²) in [6, 6.07) is 15.1. The summed E-state index contributed by atoms with van der Waals surface area (Å²) in [7, 11) is 3.98. The third-order valence-electron chi connectivity index (χ3n) is 4.02.